The Morgan fingerprint density at radius 3 is 1.73 bits per heavy atom. The van der Waals surface area contributed by atoms with Crippen molar-refractivity contribution >= 4 is 43.7 Å². The van der Waals surface area contributed by atoms with E-state index in [0.717, 1.165) is 66.0 Å². The number of nitrogens with zero attached hydrogens (tertiary/aromatic N) is 4. The van der Waals surface area contributed by atoms with Crippen molar-refractivity contribution in [2.24, 2.45) is 0 Å². The van der Waals surface area contributed by atoms with Crippen LogP contribution >= 0.6 is 0 Å². The van der Waals surface area contributed by atoms with E-state index in [9.17, 15) is 0 Å². The van der Waals surface area contributed by atoms with Crippen molar-refractivity contribution in [3.05, 3.63) is 146 Å². The summed E-state index contributed by atoms with van der Waals surface area (Å²) in [4.78, 5) is 15.3. The maximum atomic E-state index is 6.56. The number of benzene rings is 6. The zero-order chi connectivity index (χ0) is 29.0. The molecule has 0 spiro atoms. The molecular formula is C39H24N4O. The zero-order valence-corrected chi connectivity index (χ0v) is 23.6. The summed E-state index contributed by atoms with van der Waals surface area (Å²) in [5.74, 6) is 1.78. The van der Waals surface area contributed by atoms with Gasteiger partial charge in [0.05, 0.1) is 11.0 Å². The molecule has 0 saturated carbocycles. The minimum absolute atomic E-state index is 0.570. The number of para-hydroxylation sites is 3. The van der Waals surface area contributed by atoms with Crippen LogP contribution in [-0.4, -0.2) is 19.5 Å². The second kappa shape index (κ2) is 9.75. The van der Waals surface area contributed by atoms with Gasteiger partial charge in [0.15, 0.2) is 11.6 Å². The summed E-state index contributed by atoms with van der Waals surface area (Å²) in [5.41, 5.74) is 7.72. The number of rotatable bonds is 4. The topological polar surface area (TPSA) is 56.7 Å². The molecule has 0 N–H and O–H groups in total. The first-order valence-corrected chi connectivity index (χ1v) is 14.6. The van der Waals surface area contributed by atoms with Crippen LogP contribution < -0.4 is 0 Å². The van der Waals surface area contributed by atoms with Crippen LogP contribution in [0.25, 0.3) is 83.6 Å². The van der Waals surface area contributed by atoms with Crippen LogP contribution in [0.3, 0.4) is 0 Å². The van der Waals surface area contributed by atoms with Gasteiger partial charge in [0.2, 0.25) is 5.95 Å². The third kappa shape index (κ3) is 3.76. The van der Waals surface area contributed by atoms with Crippen LogP contribution in [0, 0.1) is 0 Å². The molecule has 44 heavy (non-hydrogen) atoms. The second-order valence-electron chi connectivity index (χ2n) is 10.8. The van der Waals surface area contributed by atoms with Crippen LogP contribution in [0.4, 0.5) is 0 Å². The summed E-state index contributed by atoms with van der Waals surface area (Å²) >= 11 is 0. The highest BCUT2D eigenvalue weighted by atomic mass is 16.3. The third-order valence-electron chi connectivity index (χ3n) is 8.28. The van der Waals surface area contributed by atoms with Crippen LogP contribution in [0.2, 0.25) is 0 Å². The van der Waals surface area contributed by atoms with E-state index in [-0.39, 0.29) is 0 Å². The van der Waals surface area contributed by atoms with Gasteiger partial charge in [-0.1, -0.05) is 127 Å². The maximum absolute atomic E-state index is 6.56. The van der Waals surface area contributed by atoms with Gasteiger partial charge in [0.1, 0.15) is 11.2 Å². The number of hydrogen-bond acceptors (Lipinski definition) is 4. The van der Waals surface area contributed by atoms with E-state index in [1.165, 1.54) is 0 Å². The van der Waals surface area contributed by atoms with Crippen molar-refractivity contribution < 1.29 is 4.42 Å². The quantitative estimate of drug-likeness (QED) is 0.213. The van der Waals surface area contributed by atoms with Crippen molar-refractivity contribution in [1.29, 1.82) is 0 Å². The van der Waals surface area contributed by atoms with Crippen molar-refractivity contribution in [3.63, 3.8) is 0 Å². The predicted octanol–water partition coefficient (Wildman–Crippen LogP) is 9.87. The fourth-order valence-electron chi connectivity index (χ4n) is 6.32. The molecule has 3 heterocycles. The summed E-state index contributed by atoms with van der Waals surface area (Å²) in [6.45, 7) is 0. The highest BCUT2D eigenvalue weighted by Crippen LogP contribution is 2.40. The number of fused-ring (bicyclic) bond motifs is 6. The van der Waals surface area contributed by atoms with Crippen molar-refractivity contribution in [1.82, 2.24) is 19.5 Å². The van der Waals surface area contributed by atoms with E-state index in [0.29, 0.717) is 17.6 Å². The fraction of sp³-hybridized carbons (Fsp3) is 0. The Labute approximate surface area is 252 Å². The van der Waals surface area contributed by atoms with Crippen LogP contribution in [-0.2, 0) is 0 Å². The molecule has 9 rings (SSSR count). The lowest BCUT2D eigenvalue weighted by atomic mass is 10.0. The molecule has 0 atom stereocenters. The van der Waals surface area contributed by atoms with Gasteiger partial charge in [0.25, 0.3) is 0 Å². The molecule has 0 unspecified atom stereocenters. The molecule has 0 bridgehead atoms. The third-order valence-corrected chi connectivity index (χ3v) is 8.28. The average Bonchev–Trinajstić information content (AvgIpc) is 3.65. The molecule has 9 aromatic rings. The minimum Gasteiger partial charge on any atom is -0.455 e. The average molecular weight is 565 g/mol. The van der Waals surface area contributed by atoms with Crippen molar-refractivity contribution in [2.45, 2.75) is 0 Å². The molecule has 5 nitrogen and oxygen atoms in total. The summed E-state index contributed by atoms with van der Waals surface area (Å²) < 4.78 is 8.70. The molecule has 3 aromatic heterocycles. The summed E-state index contributed by atoms with van der Waals surface area (Å²) in [6.07, 6.45) is 0. The normalized spacial score (nSPS) is 11.6. The molecule has 6 aromatic carbocycles. The van der Waals surface area contributed by atoms with Gasteiger partial charge in [-0.3, -0.25) is 4.57 Å². The Kier molecular flexibility index (Phi) is 5.43. The Bertz CT molecular complexity index is 2440. The smallest absolute Gasteiger partial charge is 0.238 e. The molecule has 0 fully saturated rings. The van der Waals surface area contributed by atoms with Gasteiger partial charge in [0, 0.05) is 38.2 Å². The van der Waals surface area contributed by atoms with E-state index in [1.807, 2.05) is 60.7 Å². The zero-order valence-electron chi connectivity index (χ0n) is 23.6. The highest BCUT2D eigenvalue weighted by Gasteiger charge is 2.21. The van der Waals surface area contributed by atoms with Crippen molar-refractivity contribution in [3.8, 4) is 39.9 Å². The van der Waals surface area contributed by atoms with Crippen LogP contribution in [0.15, 0.2) is 150 Å². The highest BCUT2D eigenvalue weighted by molar-refractivity contribution is 6.15. The van der Waals surface area contributed by atoms with E-state index in [2.05, 4.69) is 89.5 Å². The van der Waals surface area contributed by atoms with Crippen LogP contribution in [0.1, 0.15) is 0 Å². The number of hydrogen-bond donors (Lipinski definition) is 0. The van der Waals surface area contributed by atoms with Gasteiger partial charge >= 0.3 is 0 Å². The number of furan rings is 1. The molecule has 0 amide bonds. The minimum atomic E-state index is 0.570. The Balaban J connectivity index is 1.35. The summed E-state index contributed by atoms with van der Waals surface area (Å²) in [5, 5.41) is 4.32. The molecule has 5 heteroatoms. The van der Waals surface area contributed by atoms with E-state index in [1.54, 1.807) is 0 Å². The molecule has 0 aliphatic carbocycles. The standard InChI is InChI=1S/C39H24N4O/c1-3-13-25(14-4-1)27-19-11-20-30-35-31(21-12-24-34(35)44-36(27)30)38-40-37(26-15-5-2-6-16-26)41-39(42-38)43-32-22-9-7-17-28(32)29-18-8-10-23-33(29)43/h1-24H. The van der Waals surface area contributed by atoms with Gasteiger partial charge in [-0.25, -0.2) is 4.98 Å². The number of aromatic nitrogens is 4. The maximum Gasteiger partial charge on any atom is 0.238 e. The van der Waals surface area contributed by atoms with Gasteiger partial charge in [-0.15, -0.1) is 0 Å². The monoisotopic (exact) mass is 564 g/mol. The molecule has 0 saturated heterocycles. The van der Waals surface area contributed by atoms with Crippen LogP contribution in [0.5, 0.6) is 0 Å². The molecule has 206 valence electrons. The first kappa shape index (κ1) is 24.5. The summed E-state index contributed by atoms with van der Waals surface area (Å²) in [6, 6.07) is 49.6. The van der Waals surface area contributed by atoms with E-state index in [4.69, 9.17) is 19.4 Å². The molecule has 0 aliphatic heterocycles. The van der Waals surface area contributed by atoms with E-state index < -0.39 is 0 Å². The lowest BCUT2D eigenvalue weighted by Crippen LogP contribution is -2.06. The molecule has 0 radical (unpaired) electrons. The summed E-state index contributed by atoms with van der Waals surface area (Å²) in [7, 11) is 0. The Morgan fingerprint density at radius 2 is 1.00 bits per heavy atom. The molecule has 0 aliphatic rings. The molecular weight excluding hydrogens is 540 g/mol. The second-order valence-corrected chi connectivity index (χ2v) is 10.8. The van der Waals surface area contributed by atoms with Gasteiger partial charge < -0.3 is 4.42 Å². The SMILES string of the molecule is c1ccc(-c2nc(-c3cccc4oc5c(-c6ccccc6)cccc5c34)nc(-n3c4ccccc4c4ccccc43)n2)cc1. The fourth-order valence-corrected chi connectivity index (χ4v) is 6.32. The predicted molar refractivity (Wildman–Crippen MR) is 178 cm³/mol. The first-order chi connectivity index (χ1) is 21.8. The first-order valence-electron chi connectivity index (χ1n) is 14.6. The van der Waals surface area contributed by atoms with Gasteiger partial charge in [-0.05, 0) is 23.8 Å². The Hall–Kier alpha value is -6.07. The van der Waals surface area contributed by atoms with Gasteiger partial charge in [-0.2, -0.15) is 9.97 Å². The Morgan fingerprint density at radius 1 is 0.432 bits per heavy atom. The van der Waals surface area contributed by atoms with Crippen molar-refractivity contribution in [2.75, 3.05) is 0 Å². The lowest BCUT2D eigenvalue weighted by molar-refractivity contribution is 0.670. The largest absolute Gasteiger partial charge is 0.455 e. The van der Waals surface area contributed by atoms with E-state index >= 15 is 0 Å². The lowest BCUT2D eigenvalue weighted by Gasteiger charge is -2.11.